The van der Waals surface area contributed by atoms with Crippen LogP contribution in [0.1, 0.15) is 17.9 Å². The molecule has 0 amide bonds. The van der Waals surface area contributed by atoms with E-state index in [0.717, 1.165) is 12.0 Å². The van der Waals surface area contributed by atoms with Crippen molar-refractivity contribution in [3.8, 4) is 5.75 Å². The zero-order valence-electron chi connectivity index (χ0n) is 7.57. The molecule has 0 heterocycles. The molecule has 1 nitrogen and oxygen atoms in total. The molecule has 0 aliphatic heterocycles. The minimum Gasteiger partial charge on any atom is -0.290 e. The monoisotopic (exact) mass is 173 g/mol. The SMILES string of the molecule is C=CCC(C=C)c1ccccc1[O]. The molecule has 0 spiro atoms. The Morgan fingerprint density at radius 3 is 2.54 bits per heavy atom. The van der Waals surface area contributed by atoms with E-state index in [1.54, 1.807) is 24.3 Å². The largest absolute Gasteiger partial charge is 0.290 e. The predicted octanol–water partition coefficient (Wildman–Crippen LogP) is 3.68. The normalized spacial score (nSPS) is 12.0. The first-order valence-electron chi connectivity index (χ1n) is 4.29. The Balaban J connectivity index is 2.96. The van der Waals surface area contributed by atoms with Gasteiger partial charge in [-0.15, -0.1) is 13.2 Å². The molecule has 0 N–H and O–H groups in total. The van der Waals surface area contributed by atoms with Crippen molar-refractivity contribution < 1.29 is 5.11 Å². The van der Waals surface area contributed by atoms with E-state index in [2.05, 4.69) is 13.2 Å². The summed E-state index contributed by atoms with van der Waals surface area (Å²) in [6.07, 6.45) is 4.36. The fourth-order valence-corrected chi connectivity index (χ4v) is 1.32. The summed E-state index contributed by atoms with van der Waals surface area (Å²) in [6, 6.07) is 7.04. The molecule has 0 fully saturated rings. The van der Waals surface area contributed by atoms with Crippen LogP contribution >= 0.6 is 0 Å². The van der Waals surface area contributed by atoms with Gasteiger partial charge in [-0.25, -0.2) is 0 Å². The van der Waals surface area contributed by atoms with Crippen LogP contribution in [0.25, 0.3) is 0 Å². The van der Waals surface area contributed by atoms with Crippen molar-refractivity contribution >= 4 is 0 Å². The Kier molecular flexibility index (Phi) is 3.32. The summed E-state index contributed by atoms with van der Waals surface area (Å²) in [5.41, 5.74) is 0.803. The minimum atomic E-state index is 0.0780. The second kappa shape index (κ2) is 4.51. The average molecular weight is 173 g/mol. The van der Waals surface area contributed by atoms with Gasteiger partial charge in [-0.1, -0.05) is 30.4 Å². The van der Waals surface area contributed by atoms with Gasteiger partial charge in [-0.05, 0) is 12.5 Å². The highest BCUT2D eigenvalue weighted by molar-refractivity contribution is 5.37. The molecule has 1 unspecified atom stereocenters. The van der Waals surface area contributed by atoms with Gasteiger partial charge in [-0.2, -0.15) is 0 Å². The van der Waals surface area contributed by atoms with Gasteiger partial charge in [0.15, 0.2) is 5.75 Å². The lowest BCUT2D eigenvalue weighted by molar-refractivity contribution is 0.348. The summed E-state index contributed by atoms with van der Waals surface area (Å²) in [6.45, 7) is 7.36. The predicted molar refractivity (Wildman–Crippen MR) is 54.3 cm³/mol. The molecular weight excluding hydrogens is 160 g/mol. The van der Waals surface area contributed by atoms with E-state index in [-0.39, 0.29) is 11.7 Å². The smallest absolute Gasteiger partial charge is 0.182 e. The molecule has 13 heavy (non-hydrogen) atoms. The fraction of sp³-hybridized carbons (Fsp3) is 0.167. The highest BCUT2D eigenvalue weighted by Gasteiger charge is 2.10. The van der Waals surface area contributed by atoms with Crippen molar-refractivity contribution in [1.82, 2.24) is 0 Å². The first-order valence-corrected chi connectivity index (χ1v) is 4.29. The third-order valence-corrected chi connectivity index (χ3v) is 2.02. The van der Waals surface area contributed by atoms with Crippen molar-refractivity contribution in [2.75, 3.05) is 0 Å². The van der Waals surface area contributed by atoms with Crippen molar-refractivity contribution in [2.24, 2.45) is 0 Å². The number of hydrogen-bond acceptors (Lipinski definition) is 0. The Morgan fingerprint density at radius 1 is 1.31 bits per heavy atom. The molecule has 0 aromatic heterocycles. The van der Waals surface area contributed by atoms with Gasteiger partial charge >= 0.3 is 0 Å². The van der Waals surface area contributed by atoms with Crippen molar-refractivity contribution in [1.29, 1.82) is 0 Å². The highest BCUT2D eigenvalue weighted by Crippen LogP contribution is 2.29. The number of para-hydroxylation sites is 1. The summed E-state index contributed by atoms with van der Waals surface area (Å²) in [7, 11) is 0. The van der Waals surface area contributed by atoms with Crippen molar-refractivity contribution in [3.63, 3.8) is 0 Å². The van der Waals surface area contributed by atoms with Gasteiger partial charge in [-0.3, -0.25) is 5.11 Å². The van der Waals surface area contributed by atoms with E-state index in [0.29, 0.717) is 0 Å². The molecule has 0 aliphatic carbocycles. The lowest BCUT2D eigenvalue weighted by Gasteiger charge is -2.10. The summed E-state index contributed by atoms with van der Waals surface area (Å²) in [4.78, 5) is 0. The maximum atomic E-state index is 11.4. The highest BCUT2D eigenvalue weighted by atomic mass is 16.3. The average Bonchev–Trinajstić information content (AvgIpc) is 2.16. The molecule has 67 valence electrons. The number of hydrogen-bond donors (Lipinski definition) is 0. The van der Waals surface area contributed by atoms with E-state index >= 15 is 0 Å². The van der Waals surface area contributed by atoms with Crippen molar-refractivity contribution in [2.45, 2.75) is 12.3 Å². The number of allylic oxidation sites excluding steroid dienone is 2. The first-order chi connectivity index (χ1) is 6.29. The molecule has 0 bridgehead atoms. The molecule has 1 aromatic rings. The molecule has 1 heteroatoms. The third-order valence-electron chi connectivity index (χ3n) is 2.02. The Hall–Kier alpha value is -1.50. The van der Waals surface area contributed by atoms with Gasteiger partial charge in [0.1, 0.15) is 0 Å². The quantitative estimate of drug-likeness (QED) is 0.619. The molecule has 1 rings (SSSR count). The summed E-state index contributed by atoms with van der Waals surface area (Å²) >= 11 is 0. The van der Waals surface area contributed by atoms with Crippen LogP contribution < -0.4 is 0 Å². The van der Waals surface area contributed by atoms with Gasteiger partial charge in [0.05, 0.1) is 0 Å². The standard InChI is InChI=1S/C12H13O/c1-3-7-10(4-2)11-8-5-6-9-12(11)13/h3-6,8-10H,1-2,7H2. The molecule has 1 aromatic carbocycles. The van der Waals surface area contributed by atoms with Crippen LogP contribution in [0.15, 0.2) is 49.6 Å². The zero-order valence-corrected chi connectivity index (χ0v) is 7.57. The Bertz CT molecular complexity index is 302. The Labute approximate surface area is 79.0 Å². The molecule has 0 saturated heterocycles. The van der Waals surface area contributed by atoms with E-state index in [1.165, 1.54) is 0 Å². The fourth-order valence-electron chi connectivity index (χ4n) is 1.32. The van der Waals surface area contributed by atoms with Crippen molar-refractivity contribution in [3.05, 3.63) is 55.1 Å². The van der Waals surface area contributed by atoms with Gasteiger partial charge in [0, 0.05) is 11.5 Å². The lowest BCUT2D eigenvalue weighted by atomic mass is 9.95. The molecule has 1 atom stereocenters. The maximum absolute atomic E-state index is 11.4. The van der Waals surface area contributed by atoms with Gasteiger partial charge in [0.25, 0.3) is 0 Å². The van der Waals surface area contributed by atoms with Crippen LogP contribution in [0.4, 0.5) is 0 Å². The second-order valence-corrected chi connectivity index (χ2v) is 2.90. The third kappa shape index (κ3) is 2.22. The maximum Gasteiger partial charge on any atom is 0.182 e. The summed E-state index contributed by atoms with van der Waals surface area (Å²) in [5, 5.41) is 11.4. The second-order valence-electron chi connectivity index (χ2n) is 2.90. The van der Waals surface area contributed by atoms with E-state index < -0.39 is 0 Å². The molecular formula is C12H13O. The first kappa shape index (κ1) is 9.59. The number of rotatable bonds is 4. The summed E-state index contributed by atoms with van der Waals surface area (Å²) < 4.78 is 0. The van der Waals surface area contributed by atoms with Crippen LogP contribution in [-0.2, 0) is 5.11 Å². The lowest BCUT2D eigenvalue weighted by Crippen LogP contribution is -1.92. The van der Waals surface area contributed by atoms with Crippen LogP contribution in [0, 0.1) is 0 Å². The summed E-state index contributed by atoms with van der Waals surface area (Å²) in [5.74, 6) is 0.181. The van der Waals surface area contributed by atoms with E-state index in [1.807, 2.05) is 12.1 Å². The van der Waals surface area contributed by atoms with Gasteiger partial charge in [0.2, 0.25) is 0 Å². The molecule has 0 saturated carbocycles. The topological polar surface area (TPSA) is 19.9 Å². The van der Waals surface area contributed by atoms with E-state index in [4.69, 9.17) is 0 Å². The van der Waals surface area contributed by atoms with Crippen LogP contribution in [-0.4, -0.2) is 0 Å². The molecule has 0 aliphatic rings. The van der Waals surface area contributed by atoms with Crippen LogP contribution in [0.2, 0.25) is 0 Å². The van der Waals surface area contributed by atoms with Crippen LogP contribution in [0.5, 0.6) is 5.75 Å². The van der Waals surface area contributed by atoms with Crippen LogP contribution in [0.3, 0.4) is 0 Å². The zero-order chi connectivity index (χ0) is 9.68. The Morgan fingerprint density at radius 2 is 2.00 bits per heavy atom. The minimum absolute atomic E-state index is 0.0780. The van der Waals surface area contributed by atoms with Gasteiger partial charge < -0.3 is 0 Å². The van der Waals surface area contributed by atoms with E-state index in [9.17, 15) is 5.11 Å². The number of benzene rings is 1. The molecule has 1 radical (unpaired) electrons.